The summed E-state index contributed by atoms with van der Waals surface area (Å²) in [4.78, 5) is 12.9. The van der Waals surface area contributed by atoms with Crippen LogP contribution in [0.4, 0.5) is 0 Å². The van der Waals surface area contributed by atoms with Crippen LogP contribution in [-0.4, -0.2) is 10.5 Å². The van der Waals surface area contributed by atoms with Crippen molar-refractivity contribution in [3.8, 4) is 5.69 Å². The van der Waals surface area contributed by atoms with Gasteiger partial charge in [-0.15, -0.1) is 0 Å². The maximum Gasteiger partial charge on any atom is 0.350 e. The monoisotopic (exact) mass is 341 g/mol. The molecule has 3 aromatic rings. The van der Waals surface area contributed by atoms with E-state index in [0.29, 0.717) is 8.83 Å². The Morgan fingerprint density at radius 3 is 2.35 bits per heavy atom. The van der Waals surface area contributed by atoms with Gasteiger partial charge in [0.25, 0.3) is 0 Å². The van der Waals surface area contributed by atoms with Crippen LogP contribution in [0.15, 0.2) is 60.7 Å². The van der Waals surface area contributed by atoms with Crippen LogP contribution in [0.5, 0.6) is 0 Å². The summed E-state index contributed by atoms with van der Waals surface area (Å²) in [5.41, 5.74) is 2.72. The zero-order valence-electron chi connectivity index (χ0n) is 12.6. The fourth-order valence-corrected chi connectivity index (χ4v) is 3.68. The van der Waals surface area contributed by atoms with Crippen molar-refractivity contribution in [1.29, 1.82) is 0 Å². The van der Waals surface area contributed by atoms with Gasteiger partial charge in [-0.3, -0.25) is 4.57 Å². The molecule has 3 rings (SSSR count). The van der Waals surface area contributed by atoms with Crippen molar-refractivity contribution < 1.29 is 9.53 Å². The molecule has 2 aromatic carbocycles. The van der Waals surface area contributed by atoms with E-state index in [2.05, 4.69) is 0 Å². The number of carbonyl (C=O) groups is 1. The van der Waals surface area contributed by atoms with Crippen molar-refractivity contribution in [1.82, 2.24) is 4.57 Å². The van der Waals surface area contributed by atoms with Crippen molar-refractivity contribution in [3.05, 3.63) is 80.8 Å². The van der Waals surface area contributed by atoms with Crippen LogP contribution in [0.25, 0.3) is 5.69 Å². The molecule has 5 heteroatoms. The number of nitrogens with zero attached hydrogens (tertiary/aromatic N) is 1. The highest BCUT2D eigenvalue weighted by Crippen LogP contribution is 2.24. The Kier molecular flexibility index (Phi) is 4.69. The van der Waals surface area contributed by atoms with Crippen LogP contribution in [-0.2, 0) is 11.3 Å². The fourth-order valence-electron chi connectivity index (χ4n) is 2.30. The van der Waals surface area contributed by atoms with Gasteiger partial charge in [0.15, 0.2) is 3.95 Å². The predicted octanol–water partition coefficient (Wildman–Crippen LogP) is 4.93. The molecule has 0 N–H and O–H groups in total. The maximum absolute atomic E-state index is 12.4. The molecule has 0 aliphatic rings. The Morgan fingerprint density at radius 1 is 1.09 bits per heavy atom. The minimum absolute atomic E-state index is 0.259. The Hall–Kier alpha value is -2.24. The lowest BCUT2D eigenvalue weighted by atomic mass is 10.2. The Labute approximate surface area is 143 Å². The molecule has 0 bridgehead atoms. The summed E-state index contributed by atoms with van der Waals surface area (Å²) in [5, 5.41) is 0. The summed E-state index contributed by atoms with van der Waals surface area (Å²) in [6, 6.07) is 19.4. The minimum atomic E-state index is -0.336. The van der Waals surface area contributed by atoms with Crippen molar-refractivity contribution in [2.24, 2.45) is 0 Å². The van der Waals surface area contributed by atoms with Gasteiger partial charge in [-0.25, -0.2) is 4.79 Å². The molecule has 1 heterocycles. The van der Waals surface area contributed by atoms with Gasteiger partial charge in [0.2, 0.25) is 0 Å². The van der Waals surface area contributed by atoms with E-state index in [1.54, 1.807) is 0 Å². The number of hydrogen-bond acceptors (Lipinski definition) is 4. The first kappa shape index (κ1) is 15.6. The highest BCUT2D eigenvalue weighted by Gasteiger charge is 2.18. The van der Waals surface area contributed by atoms with Gasteiger partial charge in [0, 0.05) is 11.4 Å². The van der Waals surface area contributed by atoms with Crippen LogP contribution in [0.1, 0.15) is 20.9 Å². The summed E-state index contributed by atoms with van der Waals surface area (Å²) in [6.45, 7) is 2.15. The molecule has 0 amide bonds. The van der Waals surface area contributed by atoms with E-state index in [0.717, 1.165) is 16.9 Å². The lowest BCUT2D eigenvalue weighted by molar-refractivity contribution is 0.0477. The van der Waals surface area contributed by atoms with Crippen LogP contribution < -0.4 is 0 Å². The predicted molar refractivity (Wildman–Crippen MR) is 94.8 cm³/mol. The molecule has 0 saturated heterocycles. The smallest absolute Gasteiger partial charge is 0.350 e. The van der Waals surface area contributed by atoms with Crippen molar-refractivity contribution in [2.75, 3.05) is 0 Å². The van der Waals surface area contributed by atoms with Crippen LogP contribution in [0.3, 0.4) is 0 Å². The molecule has 0 radical (unpaired) electrons. The highest BCUT2D eigenvalue weighted by molar-refractivity contribution is 7.73. The molecular formula is C18H15NO2S2. The molecule has 0 aliphatic heterocycles. The quantitative estimate of drug-likeness (QED) is 0.498. The van der Waals surface area contributed by atoms with E-state index in [-0.39, 0.29) is 12.6 Å². The molecule has 0 atom stereocenters. The third-order valence-corrected chi connectivity index (χ3v) is 4.90. The zero-order chi connectivity index (χ0) is 16.2. The van der Waals surface area contributed by atoms with Crippen molar-refractivity contribution in [2.45, 2.75) is 13.5 Å². The third-order valence-electron chi connectivity index (χ3n) is 3.45. The number of carbonyl (C=O) groups excluding carboxylic acids is 1. The lowest BCUT2D eigenvalue weighted by Gasteiger charge is -2.07. The van der Waals surface area contributed by atoms with Crippen LogP contribution in [0, 0.1) is 10.9 Å². The summed E-state index contributed by atoms with van der Waals surface area (Å²) < 4.78 is 7.95. The molecule has 0 fully saturated rings. The van der Waals surface area contributed by atoms with Gasteiger partial charge in [-0.1, -0.05) is 59.9 Å². The Bertz CT molecular complexity index is 867. The second-order valence-corrected chi connectivity index (χ2v) is 6.66. The van der Waals surface area contributed by atoms with Gasteiger partial charge in [-0.05, 0) is 36.8 Å². The topological polar surface area (TPSA) is 31.2 Å². The largest absolute Gasteiger partial charge is 0.457 e. The van der Waals surface area contributed by atoms with E-state index in [1.807, 2.05) is 72.2 Å². The number of hydrogen-bond donors (Lipinski definition) is 0. The van der Waals surface area contributed by atoms with Gasteiger partial charge < -0.3 is 4.74 Å². The first-order chi connectivity index (χ1) is 11.2. The maximum atomic E-state index is 12.4. The number of ether oxygens (including phenoxy) is 1. The van der Waals surface area contributed by atoms with E-state index < -0.39 is 0 Å². The molecule has 116 valence electrons. The lowest BCUT2D eigenvalue weighted by Crippen LogP contribution is -2.06. The number of aromatic nitrogens is 1. The second kappa shape index (κ2) is 6.89. The summed E-state index contributed by atoms with van der Waals surface area (Å²) >= 11 is 6.70. The van der Waals surface area contributed by atoms with E-state index in [1.165, 1.54) is 11.3 Å². The van der Waals surface area contributed by atoms with Gasteiger partial charge in [-0.2, -0.15) is 0 Å². The first-order valence-electron chi connectivity index (χ1n) is 7.16. The van der Waals surface area contributed by atoms with Gasteiger partial charge >= 0.3 is 5.97 Å². The van der Waals surface area contributed by atoms with E-state index >= 15 is 0 Å². The Morgan fingerprint density at radius 2 is 1.70 bits per heavy atom. The molecule has 3 nitrogen and oxygen atoms in total. The average Bonchev–Trinajstić information content (AvgIpc) is 2.89. The first-order valence-corrected chi connectivity index (χ1v) is 8.38. The van der Waals surface area contributed by atoms with Crippen molar-refractivity contribution in [3.63, 3.8) is 0 Å². The summed E-state index contributed by atoms with van der Waals surface area (Å²) in [6.07, 6.45) is 0. The molecule has 0 saturated carbocycles. The normalized spacial score (nSPS) is 10.5. The number of esters is 1. The summed E-state index contributed by atoms with van der Waals surface area (Å²) in [7, 11) is 0. The number of benzene rings is 2. The number of para-hydroxylation sites is 1. The van der Waals surface area contributed by atoms with Gasteiger partial charge in [0.05, 0.1) is 0 Å². The average molecular weight is 341 g/mol. The number of thiazole rings is 1. The highest BCUT2D eigenvalue weighted by atomic mass is 32.1. The third kappa shape index (κ3) is 3.41. The second-order valence-electron chi connectivity index (χ2n) is 5.02. The molecule has 0 unspecified atom stereocenters. The number of rotatable bonds is 4. The van der Waals surface area contributed by atoms with Gasteiger partial charge in [0.1, 0.15) is 11.5 Å². The fraction of sp³-hybridized carbons (Fsp3) is 0.111. The summed E-state index contributed by atoms with van der Waals surface area (Å²) in [5.74, 6) is -0.336. The minimum Gasteiger partial charge on any atom is -0.457 e. The van der Waals surface area contributed by atoms with Crippen molar-refractivity contribution >= 4 is 29.5 Å². The standard InChI is InChI=1S/C18H15NO2S2/c1-13-16(17(20)21-12-14-8-4-2-5-9-14)23-18(22)19(13)15-10-6-3-7-11-15/h2-11H,12H2,1H3. The van der Waals surface area contributed by atoms with Crippen LogP contribution >= 0.6 is 23.6 Å². The molecule has 1 aromatic heterocycles. The SMILES string of the molecule is Cc1c(C(=O)OCc2ccccc2)sc(=S)n1-c1ccccc1. The molecular weight excluding hydrogens is 326 g/mol. The van der Waals surface area contributed by atoms with Crippen LogP contribution in [0.2, 0.25) is 0 Å². The molecule has 0 aliphatic carbocycles. The molecule has 0 spiro atoms. The van der Waals surface area contributed by atoms with E-state index in [4.69, 9.17) is 17.0 Å². The Balaban J connectivity index is 1.84. The zero-order valence-corrected chi connectivity index (χ0v) is 14.2. The van der Waals surface area contributed by atoms with E-state index in [9.17, 15) is 4.79 Å². The molecule has 23 heavy (non-hydrogen) atoms.